The molecule has 3 saturated carbocycles. The van der Waals surface area contributed by atoms with Crippen molar-refractivity contribution < 1.29 is 38.2 Å². The number of fused-ring (bicyclic) bond motifs is 7. The number of hydrogen-bond donors (Lipinski definition) is 1. The lowest BCUT2D eigenvalue weighted by Gasteiger charge is -2.63. The van der Waals surface area contributed by atoms with E-state index in [1.54, 1.807) is 61.1 Å². The highest BCUT2D eigenvalue weighted by atomic mass is 16.5. The largest absolute Gasteiger partial charge is 0.472 e. The van der Waals surface area contributed by atoms with E-state index in [9.17, 15) is 24.3 Å². The third-order valence-electron chi connectivity index (χ3n) is 14.8. The van der Waals surface area contributed by atoms with Gasteiger partial charge in [0, 0.05) is 37.3 Å². The quantitative estimate of drug-likeness (QED) is 0.123. The molecule has 3 aromatic rings. The molecule has 0 radical (unpaired) electrons. The van der Waals surface area contributed by atoms with Crippen molar-refractivity contribution in [1.82, 2.24) is 9.80 Å². The van der Waals surface area contributed by atoms with E-state index in [1.165, 1.54) is 15.4 Å². The maximum absolute atomic E-state index is 13.1. The van der Waals surface area contributed by atoms with Gasteiger partial charge in [-0.3, -0.25) is 29.0 Å². The molecule has 7 atom stereocenters. The highest BCUT2D eigenvalue weighted by Gasteiger charge is 2.72. The molecule has 288 valence electrons. The van der Waals surface area contributed by atoms with Crippen molar-refractivity contribution in [3.63, 3.8) is 0 Å². The summed E-state index contributed by atoms with van der Waals surface area (Å²) in [5, 5.41) is 13.1. The summed E-state index contributed by atoms with van der Waals surface area (Å²) in [5.74, 6) is -0.535. The Kier molecular flexibility index (Phi) is 8.83. The third kappa shape index (κ3) is 5.31. The average Bonchev–Trinajstić information content (AvgIpc) is 3.93. The highest BCUT2D eigenvalue weighted by Crippen LogP contribution is 2.72. The molecule has 4 amide bonds. The second kappa shape index (κ2) is 13.4. The number of rotatable bonds is 11. The Bertz CT molecular complexity index is 2010. The second-order valence-electron chi connectivity index (χ2n) is 17.1. The number of carbonyl (C=O) groups excluding carboxylic acids is 4. The molecule has 0 spiro atoms. The highest BCUT2D eigenvalue weighted by molar-refractivity contribution is 6.22. The number of nitrogens with zero attached hydrogens (tertiary/aromatic N) is 2. The van der Waals surface area contributed by atoms with Crippen LogP contribution in [-0.4, -0.2) is 76.5 Å². The van der Waals surface area contributed by atoms with Crippen LogP contribution in [0.3, 0.4) is 0 Å². The SMILES string of the molecule is C[C@]12CC[C@H]3[C@@H](CCC4=C[C@@H](OCCCN5C(=O)c6ccccc6C5=O)CC[C@@]43C)[C@@]1(O)CC[C@]2(OCCCN1C(=O)c2ccccc2C1=O)c1ccoc1. The fourth-order valence-electron chi connectivity index (χ4n) is 11.9. The van der Waals surface area contributed by atoms with Gasteiger partial charge >= 0.3 is 0 Å². The molecule has 0 saturated heterocycles. The van der Waals surface area contributed by atoms with Gasteiger partial charge in [0.05, 0.1) is 46.5 Å². The first-order valence-corrected chi connectivity index (χ1v) is 20.1. The van der Waals surface area contributed by atoms with Gasteiger partial charge in [0.25, 0.3) is 23.6 Å². The monoisotopic (exact) mass is 746 g/mol. The molecule has 0 bridgehead atoms. The van der Waals surface area contributed by atoms with Crippen molar-refractivity contribution >= 4 is 23.6 Å². The summed E-state index contributed by atoms with van der Waals surface area (Å²) in [6.45, 7) is 6.02. The minimum absolute atomic E-state index is 0.00678. The van der Waals surface area contributed by atoms with Gasteiger partial charge in [-0.2, -0.15) is 0 Å². The van der Waals surface area contributed by atoms with Gasteiger partial charge in [-0.05, 0) is 112 Å². The van der Waals surface area contributed by atoms with Crippen LogP contribution >= 0.6 is 0 Å². The van der Waals surface area contributed by atoms with E-state index >= 15 is 0 Å². The first-order chi connectivity index (χ1) is 26.5. The summed E-state index contributed by atoms with van der Waals surface area (Å²) < 4.78 is 19.0. The van der Waals surface area contributed by atoms with E-state index in [2.05, 4.69) is 19.9 Å². The summed E-state index contributed by atoms with van der Waals surface area (Å²) in [6.07, 6.45) is 13.6. The van der Waals surface area contributed by atoms with Crippen molar-refractivity contribution in [3.8, 4) is 0 Å². The zero-order valence-corrected chi connectivity index (χ0v) is 31.8. The smallest absolute Gasteiger partial charge is 0.261 e. The first-order valence-electron chi connectivity index (χ1n) is 20.1. The lowest BCUT2D eigenvalue weighted by Crippen LogP contribution is -2.64. The van der Waals surface area contributed by atoms with E-state index in [1.807, 2.05) is 6.07 Å². The Morgan fingerprint density at radius 2 is 1.33 bits per heavy atom. The minimum Gasteiger partial charge on any atom is -0.472 e. The molecule has 3 fully saturated rings. The lowest BCUT2D eigenvalue weighted by atomic mass is 9.44. The lowest BCUT2D eigenvalue weighted by molar-refractivity contribution is -0.235. The number of hydrogen-bond acceptors (Lipinski definition) is 8. The molecule has 0 unspecified atom stereocenters. The predicted molar refractivity (Wildman–Crippen MR) is 202 cm³/mol. The van der Waals surface area contributed by atoms with Crippen LogP contribution in [0.1, 0.15) is 125 Å². The van der Waals surface area contributed by atoms with Gasteiger partial charge in [-0.1, -0.05) is 49.8 Å². The molecule has 1 aromatic heterocycles. The molecule has 1 N–H and O–H groups in total. The molecule has 10 heteroatoms. The summed E-state index contributed by atoms with van der Waals surface area (Å²) >= 11 is 0. The maximum atomic E-state index is 13.1. The van der Waals surface area contributed by atoms with E-state index in [0.717, 1.165) is 44.1 Å². The van der Waals surface area contributed by atoms with Crippen LogP contribution in [0.5, 0.6) is 0 Å². The third-order valence-corrected chi connectivity index (χ3v) is 14.8. The molecule has 2 aliphatic heterocycles. The van der Waals surface area contributed by atoms with Crippen LogP contribution in [0.2, 0.25) is 0 Å². The molecular formula is C45H50N2O8. The normalized spacial score (nSPS) is 33.7. The fraction of sp³-hybridized carbons (Fsp3) is 0.511. The van der Waals surface area contributed by atoms with Gasteiger partial charge in [0.1, 0.15) is 5.60 Å². The maximum Gasteiger partial charge on any atom is 0.261 e. The Balaban J connectivity index is 0.855. The summed E-state index contributed by atoms with van der Waals surface area (Å²) in [7, 11) is 0. The zero-order valence-electron chi connectivity index (χ0n) is 31.8. The average molecular weight is 747 g/mol. The van der Waals surface area contributed by atoms with Crippen molar-refractivity contribution in [2.45, 2.75) is 95.4 Å². The van der Waals surface area contributed by atoms with Gasteiger partial charge in [0.15, 0.2) is 0 Å². The number of imide groups is 2. The topological polar surface area (TPSA) is 127 Å². The Morgan fingerprint density at radius 1 is 0.727 bits per heavy atom. The fourth-order valence-corrected chi connectivity index (χ4v) is 11.9. The van der Waals surface area contributed by atoms with Gasteiger partial charge in [-0.15, -0.1) is 0 Å². The number of furan rings is 1. The van der Waals surface area contributed by atoms with E-state index in [-0.39, 0.29) is 47.6 Å². The van der Waals surface area contributed by atoms with Crippen molar-refractivity contribution in [2.75, 3.05) is 26.3 Å². The van der Waals surface area contributed by atoms with Crippen molar-refractivity contribution in [2.24, 2.45) is 22.7 Å². The van der Waals surface area contributed by atoms with E-state index in [4.69, 9.17) is 13.9 Å². The number of amides is 4. The molecule has 6 aliphatic rings. The molecule has 55 heavy (non-hydrogen) atoms. The van der Waals surface area contributed by atoms with Crippen LogP contribution in [0.15, 0.2) is 83.2 Å². The standard InChI is InChI=1S/C45H50N2O8/c1-42-18-15-31(54-24-7-22-46-38(48)32-9-3-4-10-33(32)39(46)49)27-29(42)13-14-37-36(42)16-19-43(2)44(37,52)20-21-45(43,30-17-26-53-28-30)55-25-8-23-47-40(50)34-11-5-6-12-35(34)41(47)51/h3-6,9-12,17,26-28,31,36-37,52H,7-8,13-16,18-25H2,1-2H3/t31-,36-,37+,42-,43-,44-,45-/m0/s1. The van der Waals surface area contributed by atoms with Crippen LogP contribution < -0.4 is 0 Å². The first kappa shape index (κ1) is 36.3. The summed E-state index contributed by atoms with van der Waals surface area (Å²) in [6, 6.07) is 15.9. The van der Waals surface area contributed by atoms with Crippen LogP contribution in [0.4, 0.5) is 0 Å². The Morgan fingerprint density at radius 3 is 1.91 bits per heavy atom. The molecular weight excluding hydrogens is 697 g/mol. The Hall–Kier alpha value is -4.38. The number of allylic oxidation sites excluding steroid dienone is 1. The number of ether oxygens (including phenoxy) is 2. The number of aliphatic hydroxyl groups is 1. The van der Waals surface area contributed by atoms with Crippen LogP contribution in [0.25, 0.3) is 0 Å². The van der Waals surface area contributed by atoms with Crippen LogP contribution in [0, 0.1) is 22.7 Å². The van der Waals surface area contributed by atoms with Crippen molar-refractivity contribution in [3.05, 3.63) is 107 Å². The minimum atomic E-state index is -0.943. The van der Waals surface area contributed by atoms with Crippen molar-refractivity contribution in [1.29, 1.82) is 0 Å². The summed E-state index contributed by atoms with van der Waals surface area (Å²) in [5.41, 5.74) is 1.90. The predicted octanol–water partition coefficient (Wildman–Crippen LogP) is 7.33. The second-order valence-corrected chi connectivity index (χ2v) is 17.1. The molecule has 9 rings (SSSR count). The zero-order chi connectivity index (χ0) is 38.2. The van der Waals surface area contributed by atoms with E-state index in [0.29, 0.717) is 73.6 Å². The molecule has 3 heterocycles. The molecule has 2 aromatic carbocycles. The van der Waals surface area contributed by atoms with E-state index < -0.39 is 16.6 Å². The van der Waals surface area contributed by atoms with Gasteiger partial charge in [0.2, 0.25) is 0 Å². The Labute approximate surface area is 321 Å². The molecule has 10 nitrogen and oxygen atoms in total. The van der Waals surface area contributed by atoms with Crippen LogP contribution in [-0.2, 0) is 15.1 Å². The molecule has 4 aliphatic carbocycles. The summed E-state index contributed by atoms with van der Waals surface area (Å²) in [4.78, 5) is 54.2. The van der Waals surface area contributed by atoms with Gasteiger partial charge < -0.3 is 19.0 Å². The van der Waals surface area contributed by atoms with Gasteiger partial charge in [-0.25, -0.2) is 0 Å². The number of carbonyl (C=O) groups is 4. The number of benzene rings is 2.